The maximum Gasteiger partial charge on any atom is 0.328 e. The average molecular weight is 369 g/mol. The summed E-state index contributed by atoms with van der Waals surface area (Å²) >= 11 is 6.50. The Hall–Kier alpha value is -0.760. The van der Waals surface area contributed by atoms with E-state index in [4.69, 9.17) is 21.3 Å². The van der Waals surface area contributed by atoms with Crippen LogP contribution < -0.4 is 10.6 Å². The summed E-state index contributed by atoms with van der Waals surface area (Å²) in [5, 5.41) is 4.91. The second kappa shape index (κ2) is 12.8. The van der Waals surface area contributed by atoms with Crippen molar-refractivity contribution in [3.8, 4) is 0 Å². The monoisotopic (exact) mass is 369 g/mol. The number of hydrogen-bond acceptors (Lipinski definition) is 7. The molecule has 2 atom stereocenters. The zero-order chi connectivity index (χ0) is 17.0. The van der Waals surface area contributed by atoms with Crippen molar-refractivity contribution in [2.45, 2.75) is 26.8 Å². The Morgan fingerprint density at radius 1 is 1.23 bits per heavy atom. The first-order valence-electron chi connectivity index (χ1n) is 6.78. The number of esters is 1. The summed E-state index contributed by atoms with van der Waals surface area (Å²) < 4.78 is 9.94. The van der Waals surface area contributed by atoms with Gasteiger partial charge in [0.25, 0.3) is 5.90 Å². The lowest BCUT2D eigenvalue weighted by Gasteiger charge is -2.12. The molecule has 10 heteroatoms. The van der Waals surface area contributed by atoms with Gasteiger partial charge in [0.05, 0.1) is 13.2 Å². The Bertz CT molecular complexity index is 409. The Labute approximate surface area is 140 Å². The molecular formula is C12H22N2O5PS2+. The predicted molar refractivity (Wildman–Crippen MR) is 90.5 cm³/mol. The molecule has 7 nitrogen and oxygen atoms in total. The van der Waals surface area contributed by atoms with Crippen molar-refractivity contribution < 1.29 is 23.9 Å². The van der Waals surface area contributed by atoms with Crippen molar-refractivity contribution in [3.05, 3.63) is 0 Å². The third kappa shape index (κ3) is 10.9. The van der Waals surface area contributed by atoms with Gasteiger partial charge < -0.3 is 20.1 Å². The van der Waals surface area contributed by atoms with Gasteiger partial charge in [-0.25, -0.2) is 4.79 Å². The second-order valence-electron chi connectivity index (χ2n) is 4.05. The van der Waals surface area contributed by atoms with Crippen molar-refractivity contribution in [2.24, 2.45) is 0 Å². The van der Waals surface area contributed by atoms with Gasteiger partial charge in [0, 0.05) is 6.61 Å². The fourth-order valence-corrected chi connectivity index (χ4v) is 3.88. The molecule has 0 heterocycles. The van der Waals surface area contributed by atoms with Gasteiger partial charge in [-0.15, -0.1) is 0 Å². The molecule has 0 aromatic heterocycles. The molecule has 0 saturated carbocycles. The van der Waals surface area contributed by atoms with E-state index in [0.717, 1.165) is 0 Å². The molecule has 1 unspecified atom stereocenters. The Kier molecular flexibility index (Phi) is 12.3. The molecule has 0 aliphatic carbocycles. The Morgan fingerprint density at radius 2 is 1.91 bits per heavy atom. The van der Waals surface area contributed by atoms with Crippen LogP contribution in [-0.2, 0) is 35.7 Å². The summed E-state index contributed by atoms with van der Waals surface area (Å²) in [6.07, 6.45) is 0.469. The molecule has 0 fully saturated rings. The van der Waals surface area contributed by atoms with Gasteiger partial charge in [-0.05, 0) is 20.8 Å². The number of amides is 2. The van der Waals surface area contributed by atoms with E-state index in [1.54, 1.807) is 6.92 Å². The fourth-order valence-electron chi connectivity index (χ4n) is 1.18. The van der Waals surface area contributed by atoms with Gasteiger partial charge in [-0.1, -0.05) is 0 Å². The molecule has 2 N–H and O–H groups in total. The molecule has 0 radical (unpaired) electrons. The van der Waals surface area contributed by atoms with Gasteiger partial charge >= 0.3 is 5.97 Å². The SMILES string of the molecule is CCOC[P+](=S)SCC(=O)NCC(=O)N[C@@H](C)C(=O)OCC. The number of nitrogens with one attached hydrogen (secondary N) is 2. The van der Waals surface area contributed by atoms with Crippen LogP contribution in [0, 0.1) is 0 Å². The van der Waals surface area contributed by atoms with Crippen LogP contribution in [0.15, 0.2) is 0 Å². The van der Waals surface area contributed by atoms with E-state index in [2.05, 4.69) is 10.6 Å². The third-order valence-electron chi connectivity index (χ3n) is 2.20. The largest absolute Gasteiger partial charge is 0.464 e. The number of hydrogen-bond donors (Lipinski definition) is 2. The van der Waals surface area contributed by atoms with Crippen molar-refractivity contribution in [2.75, 3.05) is 31.9 Å². The van der Waals surface area contributed by atoms with Crippen LogP contribution in [0.2, 0.25) is 0 Å². The van der Waals surface area contributed by atoms with Crippen LogP contribution in [0.25, 0.3) is 0 Å². The molecule has 0 aromatic carbocycles. The number of carbonyl (C=O) groups excluding carboxylic acids is 3. The maximum atomic E-state index is 11.6. The summed E-state index contributed by atoms with van der Waals surface area (Å²) in [6, 6.07) is -0.745. The van der Waals surface area contributed by atoms with Crippen LogP contribution in [-0.4, -0.2) is 55.7 Å². The number of rotatable bonds is 11. The molecule has 0 aromatic rings. The summed E-state index contributed by atoms with van der Waals surface area (Å²) in [7, 11) is 0. The minimum absolute atomic E-state index is 0.184. The molecule has 0 saturated heterocycles. The standard InChI is InChI=1S/C12H21N2O5PS2/c1-4-18-8-20(21)22-7-11(16)13-6-10(15)14-9(3)12(17)19-5-2/h9H,4-8H2,1-3H3,(H-,13,14,15,16)/p+1/t9-/m0/s1. The van der Waals surface area contributed by atoms with Crippen LogP contribution in [0.1, 0.15) is 20.8 Å². The van der Waals surface area contributed by atoms with Gasteiger partial charge in [0.1, 0.15) is 23.2 Å². The molecule has 0 spiro atoms. The molecule has 0 aliphatic heterocycles. The predicted octanol–water partition coefficient (Wildman–Crippen LogP) is 0.756. The summed E-state index contributed by atoms with van der Waals surface area (Å²) in [4.78, 5) is 34.5. The average Bonchev–Trinajstić information content (AvgIpc) is 2.48. The molecule has 0 aliphatic rings. The highest BCUT2D eigenvalue weighted by atomic mass is 32.9. The number of carbonyl (C=O) groups is 3. The fraction of sp³-hybridized carbons (Fsp3) is 0.750. The zero-order valence-corrected chi connectivity index (χ0v) is 15.4. The highest BCUT2D eigenvalue weighted by Crippen LogP contribution is 2.37. The summed E-state index contributed by atoms with van der Waals surface area (Å²) in [5.41, 5.74) is 0. The maximum absolute atomic E-state index is 11.6. The van der Waals surface area contributed by atoms with E-state index in [9.17, 15) is 14.4 Å². The second-order valence-corrected chi connectivity index (χ2v) is 9.63. The summed E-state index contributed by atoms with van der Waals surface area (Å²) in [5.74, 6) is -1.87. The van der Waals surface area contributed by atoms with E-state index in [1.165, 1.54) is 18.3 Å². The number of ether oxygens (including phenoxy) is 2. The van der Waals surface area contributed by atoms with Gasteiger partial charge in [-0.2, -0.15) is 0 Å². The zero-order valence-electron chi connectivity index (χ0n) is 12.9. The van der Waals surface area contributed by atoms with E-state index >= 15 is 0 Å². The first-order chi connectivity index (χ1) is 10.4. The first kappa shape index (κ1) is 21.2. The Balaban J connectivity index is 3.87. The van der Waals surface area contributed by atoms with Crippen molar-refractivity contribution in [3.63, 3.8) is 0 Å². The molecule has 0 bridgehead atoms. The van der Waals surface area contributed by atoms with Crippen LogP contribution in [0.4, 0.5) is 0 Å². The highest BCUT2D eigenvalue weighted by molar-refractivity contribution is 8.64. The van der Waals surface area contributed by atoms with Crippen molar-refractivity contribution in [1.82, 2.24) is 10.6 Å². The van der Waals surface area contributed by atoms with E-state index in [1.807, 2.05) is 6.92 Å². The van der Waals surface area contributed by atoms with Crippen molar-refractivity contribution >= 4 is 46.9 Å². The van der Waals surface area contributed by atoms with Gasteiger partial charge in [0.2, 0.25) is 18.2 Å². The van der Waals surface area contributed by atoms with Crippen molar-refractivity contribution in [1.29, 1.82) is 0 Å². The molecule has 0 rings (SSSR count). The molecular weight excluding hydrogens is 347 g/mol. The lowest BCUT2D eigenvalue weighted by Crippen LogP contribution is -2.44. The molecule has 2 amide bonds. The van der Waals surface area contributed by atoms with Gasteiger partial charge in [-0.3, -0.25) is 9.59 Å². The minimum Gasteiger partial charge on any atom is -0.464 e. The van der Waals surface area contributed by atoms with Crippen LogP contribution in [0.5, 0.6) is 0 Å². The quantitative estimate of drug-likeness (QED) is 0.410. The lowest BCUT2D eigenvalue weighted by molar-refractivity contribution is -0.146. The highest BCUT2D eigenvalue weighted by Gasteiger charge is 2.18. The van der Waals surface area contributed by atoms with E-state index in [-0.39, 0.29) is 24.8 Å². The van der Waals surface area contributed by atoms with E-state index < -0.39 is 23.8 Å². The van der Waals surface area contributed by atoms with Gasteiger partial charge in [0.15, 0.2) is 11.8 Å². The first-order valence-corrected chi connectivity index (χ1v) is 10.9. The van der Waals surface area contributed by atoms with E-state index in [0.29, 0.717) is 13.0 Å². The van der Waals surface area contributed by atoms with Crippen LogP contribution >= 0.6 is 17.3 Å². The summed E-state index contributed by atoms with van der Waals surface area (Å²) in [6.45, 7) is 5.74. The smallest absolute Gasteiger partial charge is 0.328 e. The third-order valence-corrected chi connectivity index (χ3v) is 6.11. The lowest BCUT2D eigenvalue weighted by atomic mass is 10.3. The molecule has 22 heavy (non-hydrogen) atoms. The normalized spacial score (nSPS) is 12.2. The minimum atomic E-state index is -0.817. The van der Waals surface area contributed by atoms with Crippen LogP contribution in [0.3, 0.4) is 0 Å². The molecule has 126 valence electrons. The topological polar surface area (TPSA) is 93.7 Å². The Morgan fingerprint density at radius 3 is 2.50 bits per heavy atom.